The number of amides is 1. The lowest BCUT2D eigenvalue weighted by Crippen LogP contribution is -2.24. The van der Waals surface area contributed by atoms with Gasteiger partial charge < -0.3 is 4.74 Å². The van der Waals surface area contributed by atoms with Gasteiger partial charge in [0.05, 0.1) is 34.6 Å². The number of carbonyl (C=O) groups excluding carboxylic acids is 1. The monoisotopic (exact) mass is 582 g/mol. The molecule has 1 amide bonds. The summed E-state index contributed by atoms with van der Waals surface area (Å²) in [5.74, 6) is 0.496. The molecule has 1 N–H and O–H groups in total. The highest BCUT2D eigenvalue weighted by atomic mass is 79.9. The molecule has 1 aliphatic carbocycles. The van der Waals surface area contributed by atoms with Crippen molar-refractivity contribution in [2.75, 3.05) is 12.9 Å². The van der Waals surface area contributed by atoms with E-state index in [9.17, 15) is 9.59 Å². The molecule has 4 aromatic rings. The summed E-state index contributed by atoms with van der Waals surface area (Å²) in [4.78, 5) is 33.1. The largest absolute Gasteiger partial charge is 0.496 e. The summed E-state index contributed by atoms with van der Waals surface area (Å²) >= 11 is 6.27. The van der Waals surface area contributed by atoms with Crippen LogP contribution in [0.15, 0.2) is 68.1 Å². The quantitative estimate of drug-likeness (QED) is 0.137. The Labute approximate surface area is 224 Å². The molecule has 0 saturated carbocycles. The smallest absolute Gasteiger partial charge is 0.267 e. The van der Waals surface area contributed by atoms with Crippen LogP contribution in [0.25, 0.3) is 15.9 Å². The number of fused-ring (bicyclic) bond motifs is 3. The minimum Gasteiger partial charge on any atom is -0.496 e. The molecule has 2 aromatic carbocycles. The second kappa shape index (κ2) is 11.0. The maximum absolute atomic E-state index is 13.7. The van der Waals surface area contributed by atoms with Crippen LogP contribution in [0.1, 0.15) is 28.8 Å². The molecule has 0 radical (unpaired) electrons. The number of methoxy groups -OCH3 is 1. The van der Waals surface area contributed by atoms with Gasteiger partial charge in [-0.3, -0.25) is 14.2 Å². The minimum absolute atomic E-state index is 0.0690. The molecular weight excluding hydrogens is 560 g/mol. The first-order valence-electron chi connectivity index (χ1n) is 11.5. The number of thioether (sulfide) groups is 1. The summed E-state index contributed by atoms with van der Waals surface area (Å²) in [6, 6.07) is 15.0. The molecular formula is C26H23BrN4O3S2. The van der Waals surface area contributed by atoms with Crippen LogP contribution >= 0.6 is 39.0 Å². The number of hydrogen-bond acceptors (Lipinski definition) is 7. The van der Waals surface area contributed by atoms with Crippen LogP contribution < -0.4 is 15.7 Å². The molecule has 0 saturated heterocycles. The van der Waals surface area contributed by atoms with Crippen molar-refractivity contribution >= 4 is 61.4 Å². The Morgan fingerprint density at radius 1 is 1.25 bits per heavy atom. The topological polar surface area (TPSA) is 85.6 Å². The molecule has 0 atom stereocenters. The average Bonchev–Trinajstić information content (AvgIpc) is 3.27. The van der Waals surface area contributed by atoms with E-state index in [1.54, 1.807) is 29.2 Å². The van der Waals surface area contributed by atoms with Crippen molar-refractivity contribution < 1.29 is 9.53 Å². The van der Waals surface area contributed by atoms with Gasteiger partial charge in [0.25, 0.3) is 11.5 Å². The van der Waals surface area contributed by atoms with Crippen molar-refractivity contribution in [1.29, 1.82) is 0 Å². The third kappa shape index (κ3) is 5.11. The normalized spacial score (nSPS) is 13.2. The lowest BCUT2D eigenvalue weighted by Gasteiger charge is -2.13. The van der Waals surface area contributed by atoms with Crippen molar-refractivity contribution in [3.63, 3.8) is 0 Å². The molecule has 0 spiro atoms. The van der Waals surface area contributed by atoms with Gasteiger partial charge in [0.15, 0.2) is 5.16 Å². The van der Waals surface area contributed by atoms with Gasteiger partial charge in [-0.05, 0) is 83.1 Å². The van der Waals surface area contributed by atoms with E-state index in [-0.39, 0.29) is 17.2 Å². The molecule has 0 bridgehead atoms. The van der Waals surface area contributed by atoms with Crippen molar-refractivity contribution in [3.8, 4) is 11.4 Å². The number of hydrogen-bond donors (Lipinski definition) is 1. The highest BCUT2D eigenvalue weighted by Gasteiger charge is 2.23. The SMILES string of the molecule is COc1ccc(/C=N/NC(=O)CSc2nc3sc4c(c3c(=O)n2-c2ccccc2)CCCC4)cc1Br. The zero-order valence-electron chi connectivity index (χ0n) is 19.5. The number of aryl methyl sites for hydroxylation is 2. The van der Waals surface area contributed by atoms with E-state index in [1.165, 1.54) is 16.6 Å². The maximum Gasteiger partial charge on any atom is 0.267 e. The van der Waals surface area contributed by atoms with Crippen LogP contribution in [0, 0.1) is 0 Å². The molecule has 2 heterocycles. The number of benzene rings is 2. The van der Waals surface area contributed by atoms with Gasteiger partial charge in [0.2, 0.25) is 0 Å². The van der Waals surface area contributed by atoms with Gasteiger partial charge in [-0.25, -0.2) is 10.4 Å². The van der Waals surface area contributed by atoms with E-state index in [4.69, 9.17) is 9.72 Å². The first-order valence-corrected chi connectivity index (χ1v) is 14.1. The number of nitrogens with one attached hydrogen (secondary N) is 1. The summed E-state index contributed by atoms with van der Waals surface area (Å²) in [6.07, 6.45) is 5.71. The number of carbonyl (C=O) groups is 1. The third-order valence-corrected chi connectivity index (χ3v) is 8.63. The number of aromatic nitrogens is 2. The standard InChI is InChI=1S/C26H23BrN4O3S2/c1-34-20-12-11-16(13-19(20)27)14-28-30-22(32)15-35-26-29-24-23(18-9-5-6-10-21(18)36-24)25(33)31(26)17-7-3-2-4-8-17/h2-4,7-8,11-14H,5-6,9-10,15H2,1H3,(H,30,32)/b28-14+. The molecule has 0 fully saturated rings. The Kier molecular flexibility index (Phi) is 7.54. The van der Waals surface area contributed by atoms with Gasteiger partial charge in [-0.15, -0.1) is 11.3 Å². The van der Waals surface area contributed by atoms with Gasteiger partial charge in [0, 0.05) is 4.88 Å². The minimum atomic E-state index is -0.289. The lowest BCUT2D eigenvalue weighted by atomic mass is 9.97. The van der Waals surface area contributed by atoms with Gasteiger partial charge in [0.1, 0.15) is 10.6 Å². The predicted octanol–water partition coefficient (Wildman–Crippen LogP) is 5.34. The van der Waals surface area contributed by atoms with E-state index in [2.05, 4.69) is 26.5 Å². The number of para-hydroxylation sites is 1. The molecule has 10 heteroatoms. The van der Waals surface area contributed by atoms with Crippen LogP contribution in [0.4, 0.5) is 0 Å². The fourth-order valence-corrected chi connectivity index (χ4v) is 6.86. The maximum atomic E-state index is 13.7. The summed E-state index contributed by atoms with van der Waals surface area (Å²) < 4.78 is 7.65. The van der Waals surface area contributed by atoms with Crippen LogP contribution in [-0.2, 0) is 17.6 Å². The Bertz CT molecular complexity index is 1520. The third-order valence-electron chi connectivity index (χ3n) is 5.88. The zero-order chi connectivity index (χ0) is 25.1. The molecule has 1 aliphatic rings. The van der Waals surface area contributed by atoms with Crippen LogP contribution in [0.5, 0.6) is 5.75 Å². The zero-order valence-corrected chi connectivity index (χ0v) is 22.7. The highest BCUT2D eigenvalue weighted by molar-refractivity contribution is 9.10. The second-order valence-electron chi connectivity index (χ2n) is 8.24. The Morgan fingerprint density at radius 2 is 2.06 bits per heavy atom. The van der Waals surface area contributed by atoms with E-state index in [0.717, 1.165) is 57.2 Å². The second-order valence-corrected chi connectivity index (χ2v) is 11.1. The van der Waals surface area contributed by atoms with Gasteiger partial charge in [-0.2, -0.15) is 5.10 Å². The molecule has 0 aliphatic heterocycles. The lowest BCUT2D eigenvalue weighted by molar-refractivity contribution is -0.118. The molecule has 0 unspecified atom stereocenters. The number of hydrazone groups is 1. The molecule has 2 aromatic heterocycles. The van der Waals surface area contributed by atoms with Gasteiger partial charge in [-0.1, -0.05) is 30.0 Å². The first kappa shape index (κ1) is 24.7. The van der Waals surface area contributed by atoms with Crippen LogP contribution in [0.2, 0.25) is 0 Å². The molecule has 184 valence electrons. The summed E-state index contributed by atoms with van der Waals surface area (Å²) in [6.45, 7) is 0. The van der Waals surface area contributed by atoms with Crippen molar-refractivity contribution in [2.45, 2.75) is 30.8 Å². The van der Waals surface area contributed by atoms with Crippen molar-refractivity contribution in [3.05, 3.63) is 79.4 Å². The number of halogens is 1. The summed E-state index contributed by atoms with van der Waals surface area (Å²) in [7, 11) is 1.60. The number of rotatable bonds is 7. The van der Waals surface area contributed by atoms with Crippen LogP contribution in [-0.4, -0.2) is 34.5 Å². The number of ether oxygens (including phenoxy) is 1. The fraction of sp³-hybridized carbons (Fsp3) is 0.231. The van der Waals surface area contributed by atoms with Gasteiger partial charge >= 0.3 is 0 Å². The first-order chi connectivity index (χ1) is 17.5. The Balaban J connectivity index is 1.38. The van der Waals surface area contributed by atoms with Crippen LogP contribution in [0.3, 0.4) is 0 Å². The van der Waals surface area contributed by atoms with E-state index in [0.29, 0.717) is 10.9 Å². The molecule has 7 nitrogen and oxygen atoms in total. The number of thiophene rings is 1. The Hall–Kier alpha value is -2.95. The van der Waals surface area contributed by atoms with E-state index < -0.39 is 0 Å². The molecule has 36 heavy (non-hydrogen) atoms. The average molecular weight is 584 g/mol. The number of nitrogens with zero attached hydrogens (tertiary/aromatic N) is 3. The van der Waals surface area contributed by atoms with Crippen molar-refractivity contribution in [2.24, 2.45) is 5.10 Å². The summed E-state index contributed by atoms with van der Waals surface area (Å²) in [5, 5.41) is 5.28. The Morgan fingerprint density at radius 3 is 2.83 bits per heavy atom. The highest BCUT2D eigenvalue weighted by Crippen LogP contribution is 2.35. The van der Waals surface area contributed by atoms with E-state index >= 15 is 0 Å². The fourth-order valence-electron chi connectivity index (χ4n) is 4.19. The van der Waals surface area contributed by atoms with Crippen molar-refractivity contribution in [1.82, 2.24) is 15.0 Å². The predicted molar refractivity (Wildman–Crippen MR) is 149 cm³/mol. The molecule has 5 rings (SSSR count). The summed E-state index contributed by atoms with van der Waals surface area (Å²) in [5.41, 5.74) is 5.17. The van der Waals surface area contributed by atoms with E-state index in [1.807, 2.05) is 48.5 Å².